The predicted octanol–water partition coefficient (Wildman–Crippen LogP) is 6.69. The van der Waals surface area contributed by atoms with E-state index in [-0.39, 0.29) is 5.91 Å². The molecule has 0 aliphatic rings. The van der Waals surface area contributed by atoms with Gasteiger partial charge in [0.1, 0.15) is 0 Å². The Bertz CT molecular complexity index is 1610. The number of carbonyl (C=O) groups is 1. The summed E-state index contributed by atoms with van der Waals surface area (Å²) in [6.07, 6.45) is 1.71. The maximum atomic E-state index is 13.2. The number of nitrogens with one attached hydrogen (secondary N) is 1. The van der Waals surface area contributed by atoms with E-state index in [1.807, 2.05) is 60.7 Å². The average molecular weight is 473 g/mol. The van der Waals surface area contributed by atoms with Gasteiger partial charge in [0.2, 0.25) is 0 Å². The van der Waals surface area contributed by atoms with Gasteiger partial charge in [-0.2, -0.15) is 5.10 Å². The Hall–Kier alpha value is -4.51. The normalized spacial score (nSPS) is 11.3. The summed E-state index contributed by atoms with van der Waals surface area (Å²) in [6.45, 7) is 8.37. The first-order chi connectivity index (χ1) is 17.4. The van der Waals surface area contributed by atoms with Crippen molar-refractivity contribution in [2.24, 2.45) is 5.10 Å². The molecule has 5 rings (SSSR count). The van der Waals surface area contributed by atoms with Gasteiger partial charge in [-0.05, 0) is 57.5 Å². The van der Waals surface area contributed by atoms with E-state index < -0.39 is 0 Å². The number of pyridine rings is 1. The van der Waals surface area contributed by atoms with E-state index in [1.54, 1.807) is 6.21 Å². The number of aryl methyl sites for hydroxylation is 3. The van der Waals surface area contributed by atoms with Gasteiger partial charge in [-0.3, -0.25) is 4.79 Å². The van der Waals surface area contributed by atoms with Crippen LogP contribution < -0.4 is 5.43 Å². The van der Waals surface area contributed by atoms with Gasteiger partial charge in [-0.15, -0.1) is 0 Å². The highest BCUT2D eigenvalue weighted by atomic mass is 16.2. The van der Waals surface area contributed by atoms with Gasteiger partial charge >= 0.3 is 0 Å². The Morgan fingerprint density at radius 1 is 0.889 bits per heavy atom. The van der Waals surface area contributed by atoms with Crippen LogP contribution in [0.3, 0.4) is 0 Å². The number of para-hydroxylation sites is 1. The molecule has 2 aromatic heterocycles. The van der Waals surface area contributed by atoms with Crippen LogP contribution in [-0.2, 0) is 0 Å². The molecular formula is C31H28N4O. The van der Waals surface area contributed by atoms with Gasteiger partial charge in [-0.25, -0.2) is 10.4 Å². The van der Waals surface area contributed by atoms with Crippen molar-refractivity contribution in [3.05, 3.63) is 119 Å². The fraction of sp³-hybridized carbons (Fsp3) is 0.129. The maximum Gasteiger partial charge on any atom is 0.272 e. The number of aromatic nitrogens is 2. The fourth-order valence-electron chi connectivity index (χ4n) is 4.69. The van der Waals surface area contributed by atoms with Crippen LogP contribution in [0.2, 0.25) is 0 Å². The number of hydrogen-bond donors (Lipinski definition) is 1. The van der Waals surface area contributed by atoms with Crippen LogP contribution in [-0.4, -0.2) is 21.7 Å². The molecule has 36 heavy (non-hydrogen) atoms. The van der Waals surface area contributed by atoms with Gasteiger partial charge in [-0.1, -0.05) is 66.2 Å². The number of amides is 1. The van der Waals surface area contributed by atoms with Crippen LogP contribution in [0.15, 0.2) is 90.0 Å². The first-order valence-electron chi connectivity index (χ1n) is 12.0. The molecule has 0 bridgehead atoms. The number of nitrogens with zero attached hydrogens (tertiary/aromatic N) is 3. The molecule has 0 atom stereocenters. The highest BCUT2D eigenvalue weighted by Gasteiger charge is 2.14. The third-order valence-corrected chi connectivity index (χ3v) is 6.46. The largest absolute Gasteiger partial charge is 0.318 e. The van der Waals surface area contributed by atoms with Gasteiger partial charge in [0.05, 0.1) is 23.0 Å². The van der Waals surface area contributed by atoms with Crippen LogP contribution in [0, 0.1) is 27.7 Å². The number of benzene rings is 3. The summed E-state index contributed by atoms with van der Waals surface area (Å²) < 4.78 is 2.22. The monoisotopic (exact) mass is 472 g/mol. The Morgan fingerprint density at radius 2 is 1.64 bits per heavy atom. The SMILES string of the molecule is Cc1ccc(-n2c(C)cc(/C=N/NC(=O)c3cc(-c4ccccc4)nc4ccccc34)c2C)c(C)c1. The zero-order valence-corrected chi connectivity index (χ0v) is 20.9. The highest BCUT2D eigenvalue weighted by molar-refractivity contribution is 6.07. The van der Waals surface area contributed by atoms with E-state index in [9.17, 15) is 4.79 Å². The molecule has 0 saturated carbocycles. The van der Waals surface area contributed by atoms with Crippen molar-refractivity contribution in [2.45, 2.75) is 27.7 Å². The number of hydrazone groups is 1. The Morgan fingerprint density at radius 3 is 2.42 bits per heavy atom. The fourth-order valence-corrected chi connectivity index (χ4v) is 4.69. The molecule has 3 aromatic carbocycles. The zero-order valence-electron chi connectivity index (χ0n) is 20.9. The number of fused-ring (bicyclic) bond motifs is 1. The Labute approximate surface area is 211 Å². The summed E-state index contributed by atoms with van der Waals surface area (Å²) >= 11 is 0. The summed E-state index contributed by atoms with van der Waals surface area (Å²) in [5.74, 6) is -0.273. The molecule has 0 aliphatic heterocycles. The van der Waals surface area contributed by atoms with E-state index >= 15 is 0 Å². The average Bonchev–Trinajstić information content (AvgIpc) is 3.16. The minimum absolute atomic E-state index is 0.273. The third kappa shape index (κ3) is 4.43. The molecule has 2 heterocycles. The maximum absolute atomic E-state index is 13.2. The zero-order chi connectivity index (χ0) is 25.2. The molecule has 0 saturated heterocycles. The molecule has 0 radical (unpaired) electrons. The van der Waals surface area contributed by atoms with Crippen molar-refractivity contribution in [1.29, 1.82) is 0 Å². The van der Waals surface area contributed by atoms with E-state index in [1.165, 1.54) is 11.1 Å². The van der Waals surface area contributed by atoms with Gasteiger partial charge < -0.3 is 4.57 Å². The standard InChI is InChI=1S/C31H28N4O/c1-20-14-15-30(21(2)16-20)35-22(3)17-25(23(35)4)19-32-34-31(36)27-18-29(24-10-6-5-7-11-24)33-28-13-9-8-12-26(27)28/h5-19H,1-4H3,(H,34,36)/b32-19+. The molecule has 178 valence electrons. The number of hydrogen-bond acceptors (Lipinski definition) is 3. The smallest absolute Gasteiger partial charge is 0.272 e. The van der Waals surface area contributed by atoms with Gasteiger partial charge in [0.15, 0.2) is 0 Å². The highest BCUT2D eigenvalue weighted by Crippen LogP contribution is 2.25. The summed E-state index contributed by atoms with van der Waals surface area (Å²) in [6, 6.07) is 27.9. The van der Waals surface area contributed by atoms with E-state index in [2.05, 4.69) is 67.1 Å². The summed E-state index contributed by atoms with van der Waals surface area (Å²) in [4.78, 5) is 18.0. The van der Waals surface area contributed by atoms with Crippen molar-refractivity contribution in [3.63, 3.8) is 0 Å². The summed E-state index contributed by atoms with van der Waals surface area (Å²) in [7, 11) is 0. The lowest BCUT2D eigenvalue weighted by Crippen LogP contribution is -2.18. The second kappa shape index (κ2) is 9.62. The molecule has 0 fully saturated rings. The van der Waals surface area contributed by atoms with Gasteiger partial charge in [0, 0.05) is 33.6 Å². The Kier molecular flexibility index (Phi) is 6.21. The molecule has 0 spiro atoms. The first kappa shape index (κ1) is 23.2. The topological polar surface area (TPSA) is 59.3 Å². The third-order valence-electron chi connectivity index (χ3n) is 6.46. The molecule has 5 aromatic rings. The van der Waals surface area contributed by atoms with Crippen LogP contribution in [0.1, 0.15) is 38.4 Å². The lowest BCUT2D eigenvalue weighted by atomic mass is 10.0. The summed E-state index contributed by atoms with van der Waals surface area (Å²) in [5.41, 5.74) is 12.5. The molecule has 5 heteroatoms. The Balaban J connectivity index is 1.44. The van der Waals surface area contributed by atoms with Crippen molar-refractivity contribution in [3.8, 4) is 16.9 Å². The predicted molar refractivity (Wildman–Crippen MR) is 147 cm³/mol. The molecule has 1 amide bonds. The molecule has 0 unspecified atom stereocenters. The van der Waals surface area contributed by atoms with Crippen molar-refractivity contribution in [1.82, 2.24) is 15.0 Å². The summed E-state index contributed by atoms with van der Waals surface area (Å²) in [5, 5.41) is 5.10. The van der Waals surface area contributed by atoms with Crippen molar-refractivity contribution >= 4 is 23.0 Å². The molecule has 1 N–H and O–H groups in total. The van der Waals surface area contributed by atoms with Crippen molar-refractivity contribution < 1.29 is 4.79 Å². The lowest BCUT2D eigenvalue weighted by Gasteiger charge is -2.13. The number of rotatable bonds is 5. The second-order valence-electron chi connectivity index (χ2n) is 9.09. The number of carbonyl (C=O) groups excluding carboxylic acids is 1. The first-order valence-corrected chi connectivity index (χ1v) is 12.0. The minimum Gasteiger partial charge on any atom is -0.318 e. The van der Waals surface area contributed by atoms with Crippen LogP contribution in [0.25, 0.3) is 27.8 Å². The van der Waals surface area contributed by atoms with E-state index in [0.29, 0.717) is 5.56 Å². The molecule has 0 aliphatic carbocycles. The quantitative estimate of drug-likeness (QED) is 0.229. The second-order valence-corrected chi connectivity index (χ2v) is 9.09. The van der Waals surface area contributed by atoms with E-state index in [4.69, 9.17) is 4.98 Å². The van der Waals surface area contributed by atoms with E-state index in [0.717, 1.165) is 44.8 Å². The van der Waals surface area contributed by atoms with Gasteiger partial charge in [0.25, 0.3) is 5.91 Å². The van der Waals surface area contributed by atoms with Crippen LogP contribution >= 0.6 is 0 Å². The van der Waals surface area contributed by atoms with Crippen molar-refractivity contribution in [2.75, 3.05) is 0 Å². The minimum atomic E-state index is -0.273. The van der Waals surface area contributed by atoms with Crippen LogP contribution in [0.5, 0.6) is 0 Å². The lowest BCUT2D eigenvalue weighted by molar-refractivity contribution is 0.0956. The molecular weight excluding hydrogens is 444 g/mol. The molecule has 5 nitrogen and oxygen atoms in total. The van der Waals surface area contributed by atoms with Crippen LogP contribution in [0.4, 0.5) is 0 Å².